The summed E-state index contributed by atoms with van der Waals surface area (Å²) in [5, 5.41) is 3.23. The molecule has 2 heterocycles. The lowest BCUT2D eigenvalue weighted by Gasteiger charge is -2.28. The number of benzene rings is 2. The lowest BCUT2D eigenvalue weighted by atomic mass is 9.95. The quantitative estimate of drug-likeness (QED) is 0.728. The van der Waals surface area contributed by atoms with Crippen molar-refractivity contribution in [2.75, 3.05) is 12.1 Å². The van der Waals surface area contributed by atoms with Crippen LogP contribution in [-0.4, -0.2) is 29.5 Å². The monoisotopic (exact) mass is 418 g/mol. The Morgan fingerprint density at radius 2 is 1.52 bits per heavy atom. The summed E-state index contributed by atoms with van der Waals surface area (Å²) in [6.45, 7) is 0.184. The Hall–Kier alpha value is -3.28. The van der Waals surface area contributed by atoms with Crippen LogP contribution >= 0.6 is 0 Å². The Morgan fingerprint density at radius 1 is 0.806 bits per heavy atom. The van der Waals surface area contributed by atoms with Crippen LogP contribution in [0.3, 0.4) is 0 Å². The SMILES string of the molecule is O=C1C(Nc2ccc3c(c2)OCO3)=C(c2ccccc2)C(=O)N1C1CCCCCCC1. The second-order valence-corrected chi connectivity index (χ2v) is 8.29. The van der Waals surface area contributed by atoms with Crippen LogP contribution in [0.1, 0.15) is 50.5 Å². The number of ether oxygens (including phenoxy) is 2. The third kappa shape index (κ3) is 3.78. The van der Waals surface area contributed by atoms with E-state index >= 15 is 0 Å². The fraction of sp³-hybridized carbons (Fsp3) is 0.360. The zero-order valence-electron chi connectivity index (χ0n) is 17.4. The van der Waals surface area contributed by atoms with E-state index in [0.717, 1.165) is 44.1 Å². The lowest BCUT2D eigenvalue weighted by Crippen LogP contribution is -2.42. The second kappa shape index (κ2) is 8.46. The van der Waals surface area contributed by atoms with E-state index in [-0.39, 0.29) is 24.6 Å². The number of hydrogen-bond acceptors (Lipinski definition) is 5. The van der Waals surface area contributed by atoms with Gasteiger partial charge in [-0.05, 0) is 30.5 Å². The van der Waals surface area contributed by atoms with Gasteiger partial charge in [-0.25, -0.2) is 0 Å². The summed E-state index contributed by atoms with van der Waals surface area (Å²) in [5.74, 6) is 0.852. The molecular formula is C25H26N2O4. The molecule has 5 rings (SSSR count). The van der Waals surface area contributed by atoms with Gasteiger partial charge in [0.2, 0.25) is 6.79 Å². The van der Waals surface area contributed by atoms with Crippen LogP contribution in [0.4, 0.5) is 5.69 Å². The number of carbonyl (C=O) groups is 2. The first kappa shape index (κ1) is 19.7. The molecule has 0 saturated heterocycles. The largest absolute Gasteiger partial charge is 0.454 e. The first-order chi connectivity index (χ1) is 15.2. The van der Waals surface area contributed by atoms with E-state index in [1.807, 2.05) is 36.4 Å². The van der Waals surface area contributed by atoms with E-state index in [4.69, 9.17) is 9.47 Å². The third-order valence-electron chi connectivity index (χ3n) is 6.26. The summed E-state index contributed by atoms with van der Waals surface area (Å²) in [4.78, 5) is 28.6. The molecule has 1 saturated carbocycles. The molecule has 1 aliphatic carbocycles. The number of carbonyl (C=O) groups excluding carboxylic acids is 2. The molecule has 6 heteroatoms. The molecule has 0 radical (unpaired) electrons. The molecule has 0 aromatic heterocycles. The van der Waals surface area contributed by atoms with Crippen molar-refractivity contribution in [2.45, 2.75) is 51.0 Å². The van der Waals surface area contributed by atoms with Crippen LogP contribution in [0, 0.1) is 0 Å². The topological polar surface area (TPSA) is 67.9 Å². The molecule has 6 nitrogen and oxygen atoms in total. The Kier molecular flexibility index (Phi) is 5.37. The van der Waals surface area contributed by atoms with Gasteiger partial charge < -0.3 is 14.8 Å². The first-order valence-corrected chi connectivity index (χ1v) is 11.1. The molecule has 0 unspecified atom stereocenters. The Labute approximate surface area is 181 Å². The molecule has 3 aliphatic rings. The highest BCUT2D eigenvalue weighted by atomic mass is 16.7. The van der Waals surface area contributed by atoms with Crippen LogP contribution in [-0.2, 0) is 9.59 Å². The average Bonchev–Trinajstić information content (AvgIpc) is 3.32. The average molecular weight is 418 g/mol. The van der Waals surface area contributed by atoms with Gasteiger partial charge in [-0.2, -0.15) is 0 Å². The van der Waals surface area contributed by atoms with Crippen LogP contribution in [0.2, 0.25) is 0 Å². The highest BCUT2D eigenvalue weighted by Gasteiger charge is 2.42. The second-order valence-electron chi connectivity index (χ2n) is 8.29. The van der Waals surface area contributed by atoms with Gasteiger partial charge in [0.05, 0.1) is 5.57 Å². The van der Waals surface area contributed by atoms with Gasteiger partial charge in [0, 0.05) is 17.8 Å². The van der Waals surface area contributed by atoms with Crippen molar-refractivity contribution in [1.29, 1.82) is 0 Å². The maximum absolute atomic E-state index is 13.6. The number of imide groups is 1. The highest BCUT2D eigenvalue weighted by molar-refractivity contribution is 6.36. The molecule has 31 heavy (non-hydrogen) atoms. The molecule has 0 spiro atoms. The van der Waals surface area contributed by atoms with Gasteiger partial charge in [0.1, 0.15) is 5.70 Å². The molecule has 1 N–H and O–H groups in total. The molecule has 2 aliphatic heterocycles. The van der Waals surface area contributed by atoms with Crippen molar-refractivity contribution >= 4 is 23.1 Å². The number of nitrogens with zero attached hydrogens (tertiary/aromatic N) is 1. The summed E-state index contributed by atoms with van der Waals surface area (Å²) in [6, 6.07) is 14.8. The van der Waals surface area contributed by atoms with Gasteiger partial charge in [-0.3, -0.25) is 14.5 Å². The van der Waals surface area contributed by atoms with Crippen LogP contribution in [0.25, 0.3) is 5.57 Å². The maximum Gasteiger partial charge on any atom is 0.278 e. The van der Waals surface area contributed by atoms with Gasteiger partial charge in [0.15, 0.2) is 11.5 Å². The van der Waals surface area contributed by atoms with E-state index in [2.05, 4.69) is 5.32 Å². The predicted molar refractivity (Wildman–Crippen MR) is 118 cm³/mol. The predicted octanol–water partition coefficient (Wildman–Crippen LogP) is 4.72. The molecule has 160 valence electrons. The third-order valence-corrected chi connectivity index (χ3v) is 6.26. The zero-order valence-corrected chi connectivity index (χ0v) is 17.4. The van der Waals surface area contributed by atoms with E-state index in [1.54, 1.807) is 12.1 Å². The number of amides is 2. The lowest BCUT2D eigenvalue weighted by molar-refractivity contribution is -0.140. The van der Waals surface area contributed by atoms with Crippen molar-refractivity contribution in [3.05, 3.63) is 59.8 Å². The van der Waals surface area contributed by atoms with Gasteiger partial charge >= 0.3 is 0 Å². The summed E-state index contributed by atoms with van der Waals surface area (Å²) >= 11 is 0. The van der Waals surface area contributed by atoms with Gasteiger partial charge in [-0.1, -0.05) is 62.4 Å². The van der Waals surface area contributed by atoms with Crippen molar-refractivity contribution in [3.8, 4) is 11.5 Å². The van der Waals surface area contributed by atoms with Crippen molar-refractivity contribution < 1.29 is 19.1 Å². The minimum atomic E-state index is -0.243. The summed E-state index contributed by atoms with van der Waals surface area (Å²) in [6.07, 6.45) is 7.40. The van der Waals surface area contributed by atoms with Crippen LogP contribution in [0.5, 0.6) is 11.5 Å². The summed E-state index contributed by atoms with van der Waals surface area (Å²) < 4.78 is 10.8. The highest BCUT2D eigenvalue weighted by Crippen LogP contribution is 2.38. The normalized spacial score (nSPS) is 19.5. The molecule has 2 amide bonds. The van der Waals surface area contributed by atoms with Gasteiger partial charge in [-0.15, -0.1) is 0 Å². The molecular weight excluding hydrogens is 392 g/mol. The Morgan fingerprint density at radius 3 is 2.29 bits per heavy atom. The van der Waals surface area contributed by atoms with Crippen molar-refractivity contribution in [2.24, 2.45) is 0 Å². The fourth-order valence-corrected chi connectivity index (χ4v) is 4.68. The number of nitrogens with one attached hydrogen (secondary N) is 1. The number of fused-ring (bicyclic) bond motifs is 1. The molecule has 1 fully saturated rings. The molecule has 2 aromatic carbocycles. The molecule has 2 aromatic rings. The first-order valence-electron chi connectivity index (χ1n) is 11.1. The van der Waals surface area contributed by atoms with Crippen molar-refractivity contribution in [3.63, 3.8) is 0 Å². The van der Waals surface area contributed by atoms with Crippen molar-refractivity contribution in [1.82, 2.24) is 4.90 Å². The maximum atomic E-state index is 13.6. The minimum absolute atomic E-state index is 0.0462. The smallest absolute Gasteiger partial charge is 0.278 e. The minimum Gasteiger partial charge on any atom is -0.454 e. The number of anilines is 1. The van der Waals surface area contributed by atoms with E-state index in [1.165, 1.54) is 11.3 Å². The molecule has 0 atom stereocenters. The van der Waals surface area contributed by atoms with Crippen LogP contribution < -0.4 is 14.8 Å². The van der Waals surface area contributed by atoms with Gasteiger partial charge in [0.25, 0.3) is 11.8 Å². The number of hydrogen-bond donors (Lipinski definition) is 1. The Balaban J connectivity index is 1.50. The Bertz CT molecular complexity index is 1020. The summed E-state index contributed by atoms with van der Waals surface area (Å²) in [5.41, 5.74) is 2.20. The van der Waals surface area contributed by atoms with E-state index in [0.29, 0.717) is 28.5 Å². The molecule has 0 bridgehead atoms. The van der Waals surface area contributed by atoms with E-state index < -0.39 is 0 Å². The fourth-order valence-electron chi connectivity index (χ4n) is 4.68. The summed E-state index contributed by atoms with van der Waals surface area (Å²) in [7, 11) is 0. The van der Waals surface area contributed by atoms with Crippen LogP contribution in [0.15, 0.2) is 54.2 Å². The zero-order chi connectivity index (χ0) is 21.2. The number of rotatable bonds is 4. The standard InChI is InChI=1S/C25H26N2O4/c28-24-22(17-9-5-4-6-10-17)23(26-18-13-14-20-21(15-18)31-16-30-20)25(29)27(24)19-11-7-2-1-3-8-12-19/h4-6,9-10,13-15,19,26H,1-3,7-8,11-12,16H2. The van der Waals surface area contributed by atoms with E-state index in [9.17, 15) is 9.59 Å².